The van der Waals surface area contributed by atoms with Crippen LogP contribution < -0.4 is 15.4 Å². The van der Waals surface area contributed by atoms with E-state index in [4.69, 9.17) is 4.74 Å². The quantitative estimate of drug-likeness (QED) is 0.897. The Bertz CT molecular complexity index is 643. The molecule has 0 aliphatic carbocycles. The number of para-hydroxylation sites is 1. The molecule has 5 nitrogen and oxygen atoms in total. The zero-order chi connectivity index (χ0) is 13.9. The van der Waals surface area contributed by atoms with E-state index < -0.39 is 0 Å². The average Bonchev–Trinajstić information content (AvgIpc) is 2.92. The molecule has 102 valence electrons. The van der Waals surface area contributed by atoms with E-state index in [2.05, 4.69) is 15.6 Å². The summed E-state index contributed by atoms with van der Waals surface area (Å²) >= 11 is 0. The van der Waals surface area contributed by atoms with Gasteiger partial charge in [0.15, 0.2) is 0 Å². The van der Waals surface area contributed by atoms with Gasteiger partial charge >= 0.3 is 0 Å². The molecule has 1 atom stereocenters. The molecule has 1 aliphatic rings. The van der Waals surface area contributed by atoms with E-state index in [-0.39, 0.29) is 11.8 Å². The van der Waals surface area contributed by atoms with Gasteiger partial charge in [-0.05, 0) is 23.8 Å². The van der Waals surface area contributed by atoms with Crippen molar-refractivity contribution in [1.82, 2.24) is 4.98 Å². The first-order chi connectivity index (χ1) is 9.79. The lowest BCUT2D eigenvalue weighted by Crippen LogP contribution is -2.22. The highest BCUT2D eigenvalue weighted by Crippen LogP contribution is 2.32. The average molecular weight is 269 g/mol. The molecule has 0 bridgehead atoms. The number of rotatable bonds is 3. The monoisotopic (exact) mass is 269 g/mol. The zero-order valence-electron chi connectivity index (χ0n) is 11.1. The molecule has 0 saturated heterocycles. The number of hydrogen-bond donors (Lipinski definition) is 2. The smallest absolute Gasteiger partial charge is 0.237 e. The second-order valence-electron chi connectivity index (χ2n) is 4.57. The summed E-state index contributed by atoms with van der Waals surface area (Å²) in [4.78, 5) is 16.5. The van der Waals surface area contributed by atoms with Crippen molar-refractivity contribution in [3.8, 4) is 5.88 Å². The Balaban J connectivity index is 1.81. The number of fused-ring (bicyclic) bond motifs is 1. The number of pyridine rings is 1. The van der Waals surface area contributed by atoms with E-state index in [0.717, 1.165) is 11.3 Å². The number of carbonyl (C=O) groups is 1. The molecule has 0 radical (unpaired) electrons. The number of aromatic nitrogens is 1. The van der Waals surface area contributed by atoms with Crippen LogP contribution in [0.15, 0.2) is 42.6 Å². The highest BCUT2D eigenvalue weighted by atomic mass is 16.5. The van der Waals surface area contributed by atoms with Crippen molar-refractivity contribution in [2.45, 2.75) is 5.92 Å². The molecule has 0 spiro atoms. The largest absolute Gasteiger partial charge is 0.480 e. The van der Waals surface area contributed by atoms with Crippen molar-refractivity contribution < 1.29 is 9.53 Å². The van der Waals surface area contributed by atoms with Crippen molar-refractivity contribution in [1.29, 1.82) is 0 Å². The van der Waals surface area contributed by atoms with Crippen LogP contribution in [0.25, 0.3) is 0 Å². The van der Waals surface area contributed by atoms with Crippen LogP contribution in [0.2, 0.25) is 0 Å². The maximum atomic E-state index is 12.4. The lowest BCUT2D eigenvalue weighted by atomic mass is 10.0. The number of methoxy groups -OCH3 is 1. The summed E-state index contributed by atoms with van der Waals surface area (Å²) in [6, 6.07) is 11.4. The Labute approximate surface area is 117 Å². The summed E-state index contributed by atoms with van der Waals surface area (Å²) < 4.78 is 5.14. The van der Waals surface area contributed by atoms with Crippen LogP contribution in [0.4, 0.5) is 11.4 Å². The summed E-state index contributed by atoms with van der Waals surface area (Å²) in [6.45, 7) is 0.605. The van der Waals surface area contributed by atoms with E-state index in [1.54, 1.807) is 18.3 Å². The fraction of sp³-hybridized carbons (Fsp3) is 0.200. The second-order valence-corrected chi connectivity index (χ2v) is 4.57. The van der Waals surface area contributed by atoms with Crippen molar-refractivity contribution in [3.63, 3.8) is 0 Å². The first kappa shape index (κ1) is 12.5. The molecular weight excluding hydrogens is 254 g/mol. The molecule has 3 rings (SSSR count). The third-order valence-corrected chi connectivity index (χ3v) is 3.37. The van der Waals surface area contributed by atoms with Crippen LogP contribution >= 0.6 is 0 Å². The van der Waals surface area contributed by atoms with E-state index >= 15 is 0 Å². The second kappa shape index (κ2) is 5.21. The van der Waals surface area contributed by atoms with Gasteiger partial charge in [0.25, 0.3) is 0 Å². The lowest BCUT2D eigenvalue weighted by molar-refractivity contribution is -0.117. The highest BCUT2D eigenvalue weighted by Gasteiger charge is 2.28. The predicted molar refractivity (Wildman–Crippen MR) is 77.1 cm³/mol. The highest BCUT2D eigenvalue weighted by molar-refractivity contribution is 5.99. The number of amides is 1. The third-order valence-electron chi connectivity index (χ3n) is 3.37. The minimum absolute atomic E-state index is 0.0613. The number of nitrogens with zero attached hydrogens (tertiary/aromatic N) is 1. The molecule has 2 N–H and O–H groups in total. The summed E-state index contributed by atoms with van der Waals surface area (Å²) in [6.07, 6.45) is 1.63. The molecule has 0 fully saturated rings. The van der Waals surface area contributed by atoms with Crippen molar-refractivity contribution >= 4 is 17.3 Å². The number of hydrogen-bond acceptors (Lipinski definition) is 4. The van der Waals surface area contributed by atoms with Crippen LogP contribution in [-0.2, 0) is 4.79 Å². The Morgan fingerprint density at radius 3 is 3.05 bits per heavy atom. The molecule has 2 aromatic rings. The van der Waals surface area contributed by atoms with Crippen LogP contribution in [0.3, 0.4) is 0 Å². The normalized spacial score (nSPS) is 16.1. The molecule has 0 saturated carbocycles. The summed E-state index contributed by atoms with van der Waals surface area (Å²) in [5, 5.41) is 6.12. The van der Waals surface area contributed by atoms with Gasteiger partial charge in [0.05, 0.1) is 13.0 Å². The van der Waals surface area contributed by atoms with Crippen molar-refractivity contribution in [2.75, 3.05) is 24.3 Å². The van der Waals surface area contributed by atoms with Crippen molar-refractivity contribution in [2.24, 2.45) is 0 Å². The summed E-state index contributed by atoms with van der Waals surface area (Å²) in [5.74, 6) is 0.157. The lowest BCUT2D eigenvalue weighted by Gasteiger charge is -2.12. The fourth-order valence-electron chi connectivity index (χ4n) is 2.39. The Kier molecular flexibility index (Phi) is 3.25. The van der Waals surface area contributed by atoms with Gasteiger partial charge < -0.3 is 15.4 Å². The van der Waals surface area contributed by atoms with Crippen LogP contribution in [-0.4, -0.2) is 24.5 Å². The maximum absolute atomic E-state index is 12.4. The van der Waals surface area contributed by atoms with Crippen LogP contribution in [0.5, 0.6) is 5.88 Å². The molecule has 1 aromatic carbocycles. The topological polar surface area (TPSA) is 63.2 Å². The Morgan fingerprint density at radius 1 is 1.35 bits per heavy atom. The first-order valence-corrected chi connectivity index (χ1v) is 6.42. The maximum Gasteiger partial charge on any atom is 0.237 e. The molecule has 20 heavy (non-hydrogen) atoms. The fourth-order valence-corrected chi connectivity index (χ4v) is 2.39. The van der Waals surface area contributed by atoms with E-state index in [9.17, 15) is 4.79 Å². The summed E-state index contributed by atoms with van der Waals surface area (Å²) in [7, 11) is 1.53. The molecular formula is C15H15N3O2. The molecule has 5 heteroatoms. The van der Waals surface area contributed by atoms with Gasteiger partial charge in [0, 0.05) is 18.4 Å². The molecule has 1 aromatic heterocycles. The van der Waals surface area contributed by atoms with E-state index in [0.29, 0.717) is 18.1 Å². The number of nitrogens with one attached hydrogen (secondary N) is 2. The Morgan fingerprint density at radius 2 is 2.20 bits per heavy atom. The minimum Gasteiger partial charge on any atom is -0.480 e. The van der Waals surface area contributed by atoms with Gasteiger partial charge in [-0.15, -0.1) is 0 Å². The van der Waals surface area contributed by atoms with Crippen molar-refractivity contribution in [3.05, 3.63) is 48.2 Å². The zero-order valence-corrected chi connectivity index (χ0v) is 11.1. The first-order valence-electron chi connectivity index (χ1n) is 6.42. The number of anilines is 2. The van der Waals surface area contributed by atoms with Gasteiger partial charge in [-0.2, -0.15) is 0 Å². The van der Waals surface area contributed by atoms with Gasteiger partial charge in [-0.25, -0.2) is 4.98 Å². The Hall–Kier alpha value is -2.56. The van der Waals surface area contributed by atoms with Gasteiger partial charge in [-0.3, -0.25) is 4.79 Å². The van der Waals surface area contributed by atoms with Gasteiger partial charge in [0.1, 0.15) is 5.69 Å². The van der Waals surface area contributed by atoms with Crippen LogP contribution in [0.1, 0.15) is 11.5 Å². The van der Waals surface area contributed by atoms with E-state index in [1.807, 2.05) is 24.3 Å². The van der Waals surface area contributed by atoms with Gasteiger partial charge in [-0.1, -0.05) is 18.2 Å². The predicted octanol–water partition coefficient (Wildman–Crippen LogP) is 2.24. The third kappa shape index (κ3) is 2.18. The minimum atomic E-state index is -0.198. The molecule has 1 aliphatic heterocycles. The number of carbonyl (C=O) groups excluding carboxylic acids is 1. The van der Waals surface area contributed by atoms with E-state index in [1.165, 1.54) is 7.11 Å². The number of benzene rings is 1. The van der Waals surface area contributed by atoms with Gasteiger partial charge in [0.2, 0.25) is 11.8 Å². The molecule has 1 unspecified atom stereocenters. The standard InChI is InChI=1S/C15H15N3O2/c1-20-15-13(7-4-8-16-15)18-14(19)11-9-17-12-6-3-2-5-10(11)12/h2-8,11,17H,9H2,1H3,(H,18,19). The number of ether oxygens (including phenoxy) is 1. The van der Waals surface area contributed by atoms with Crippen LogP contribution in [0, 0.1) is 0 Å². The SMILES string of the molecule is COc1ncccc1NC(=O)C1CNc2ccccc21. The molecule has 2 heterocycles. The summed E-state index contributed by atoms with van der Waals surface area (Å²) in [5.41, 5.74) is 2.63. The molecule has 1 amide bonds.